The molecule has 2 aromatic rings. The fourth-order valence-corrected chi connectivity index (χ4v) is 6.74. The number of thiophene rings is 1. The molecule has 166 valence electrons. The SMILES string of the molecule is CSCC[C@H](C(=O)Nc1nc(-c2cc(C)sc2C)cs1)N1C(=O)[C@H]2CCCC[C@@H]2C1=O. The Balaban J connectivity index is 1.53. The number of aromatic nitrogens is 1. The van der Waals surface area contributed by atoms with Crippen molar-refractivity contribution in [2.24, 2.45) is 11.8 Å². The zero-order chi connectivity index (χ0) is 22.1. The number of amides is 3. The first-order valence-electron chi connectivity index (χ1n) is 10.6. The van der Waals surface area contributed by atoms with Crippen LogP contribution in [0.2, 0.25) is 0 Å². The van der Waals surface area contributed by atoms with Gasteiger partial charge in [0.2, 0.25) is 17.7 Å². The van der Waals surface area contributed by atoms with E-state index in [2.05, 4.69) is 30.2 Å². The minimum absolute atomic E-state index is 0.167. The van der Waals surface area contributed by atoms with E-state index in [1.54, 1.807) is 23.1 Å². The van der Waals surface area contributed by atoms with Gasteiger partial charge in [0.25, 0.3) is 0 Å². The Kier molecular flexibility index (Phi) is 6.83. The van der Waals surface area contributed by atoms with Crippen LogP contribution >= 0.6 is 34.4 Å². The number of carbonyl (C=O) groups is 3. The molecule has 1 N–H and O–H groups in total. The van der Waals surface area contributed by atoms with Crippen LogP contribution in [-0.4, -0.2) is 45.7 Å². The van der Waals surface area contributed by atoms with Gasteiger partial charge in [-0.05, 0) is 51.2 Å². The molecule has 1 aliphatic carbocycles. The molecule has 3 amide bonds. The third-order valence-electron chi connectivity index (χ3n) is 6.14. The summed E-state index contributed by atoms with van der Waals surface area (Å²) in [5, 5.41) is 5.31. The number of nitrogens with zero attached hydrogens (tertiary/aromatic N) is 2. The van der Waals surface area contributed by atoms with Crippen molar-refractivity contribution in [3.63, 3.8) is 0 Å². The molecular weight excluding hydrogens is 450 g/mol. The van der Waals surface area contributed by atoms with Gasteiger partial charge in [0.15, 0.2) is 5.13 Å². The monoisotopic (exact) mass is 477 g/mol. The van der Waals surface area contributed by atoms with Gasteiger partial charge in [-0.3, -0.25) is 19.3 Å². The van der Waals surface area contributed by atoms with E-state index in [0.29, 0.717) is 17.3 Å². The topological polar surface area (TPSA) is 79.4 Å². The van der Waals surface area contributed by atoms with Gasteiger partial charge in [-0.25, -0.2) is 4.98 Å². The first-order valence-corrected chi connectivity index (χ1v) is 13.7. The van der Waals surface area contributed by atoms with E-state index in [9.17, 15) is 14.4 Å². The van der Waals surface area contributed by atoms with Gasteiger partial charge in [-0.15, -0.1) is 22.7 Å². The van der Waals surface area contributed by atoms with Gasteiger partial charge in [0, 0.05) is 20.7 Å². The van der Waals surface area contributed by atoms with Crippen LogP contribution < -0.4 is 5.32 Å². The van der Waals surface area contributed by atoms with Crippen molar-refractivity contribution < 1.29 is 14.4 Å². The van der Waals surface area contributed by atoms with E-state index in [4.69, 9.17) is 0 Å². The Morgan fingerprint density at radius 1 is 1.26 bits per heavy atom. The van der Waals surface area contributed by atoms with Crippen molar-refractivity contribution in [2.45, 2.75) is 52.0 Å². The number of nitrogens with one attached hydrogen (secondary N) is 1. The average Bonchev–Trinajstić information content (AvgIpc) is 3.41. The number of aryl methyl sites for hydroxylation is 2. The van der Waals surface area contributed by atoms with Gasteiger partial charge in [0.1, 0.15) is 6.04 Å². The largest absolute Gasteiger partial charge is 0.300 e. The van der Waals surface area contributed by atoms with Crippen molar-refractivity contribution in [3.05, 3.63) is 21.2 Å². The summed E-state index contributed by atoms with van der Waals surface area (Å²) in [6.45, 7) is 4.13. The second-order valence-electron chi connectivity index (χ2n) is 8.20. The summed E-state index contributed by atoms with van der Waals surface area (Å²) in [5.74, 6) is -0.459. The van der Waals surface area contributed by atoms with Crippen LogP contribution in [0.4, 0.5) is 5.13 Å². The Morgan fingerprint density at radius 2 is 1.94 bits per heavy atom. The lowest BCUT2D eigenvalue weighted by Gasteiger charge is -2.25. The van der Waals surface area contributed by atoms with E-state index in [0.717, 1.165) is 36.9 Å². The fourth-order valence-electron chi connectivity index (χ4n) is 4.63. The second kappa shape index (κ2) is 9.42. The van der Waals surface area contributed by atoms with Crippen molar-refractivity contribution in [2.75, 3.05) is 17.3 Å². The lowest BCUT2D eigenvalue weighted by atomic mass is 9.81. The molecule has 3 heterocycles. The zero-order valence-electron chi connectivity index (χ0n) is 18.0. The summed E-state index contributed by atoms with van der Waals surface area (Å²) in [6, 6.07) is 1.32. The minimum atomic E-state index is -0.782. The normalized spacial score (nSPS) is 22.0. The number of anilines is 1. The van der Waals surface area contributed by atoms with E-state index >= 15 is 0 Å². The zero-order valence-corrected chi connectivity index (χ0v) is 20.4. The lowest BCUT2D eigenvalue weighted by molar-refractivity contribution is -0.146. The van der Waals surface area contributed by atoms with Crippen LogP contribution in [0.25, 0.3) is 11.3 Å². The lowest BCUT2D eigenvalue weighted by Crippen LogP contribution is -2.48. The Morgan fingerprint density at radius 3 is 2.52 bits per heavy atom. The number of carbonyl (C=O) groups excluding carboxylic acids is 3. The van der Waals surface area contributed by atoms with Gasteiger partial charge < -0.3 is 5.32 Å². The molecule has 1 saturated heterocycles. The van der Waals surface area contributed by atoms with Crippen molar-refractivity contribution in [1.29, 1.82) is 0 Å². The third-order valence-corrected chi connectivity index (χ3v) is 8.50. The Hall–Kier alpha value is -1.71. The van der Waals surface area contributed by atoms with Gasteiger partial charge >= 0.3 is 0 Å². The molecular formula is C22H27N3O3S3. The molecule has 0 aromatic carbocycles. The average molecular weight is 478 g/mol. The molecule has 2 aromatic heterocycles. The standard InChI is InChI=1S/C22H27N3O3S3/c1-12-10-16(13(2)31-12)17-11-30-22(23-17)24-19(26)18(8-9-29-3)25-20(27)14-6-4-5-7-15(14)21(25)28/h10-11,14-15,18H,4-9H2,1-3H3,(H,23,24,26)/t14-,15-,18+/m0/s1. The van der Waals surface area contributed by atoms with E-state index in [1.165, 1.54) is 26.0 Å². The maximum atomic E-state index is 13.2. The Labute approximate surface area is 194 Å². The number of hydrogen-bond acceptors (Lipinski definition) is 7. The van der Waals surface area contributed by atoms with E-state index in [1.807, 2.05) is 11.6 Å². The van der Waals surface area contributed by atoms with Crippen molar-refractivity contribution in [3.8, 4) is 11.3 Å². The predicted octanol–water partition coefficient (Wildman–Crippen LogP) is 4.72. The summed E-state index contributed by atoms with van der Waals surface area (Å²) in [6.07, 6.45) is 5.85. The highest BCUT2D eigenvalue weighted by Crippen LogP contribution is 2.39. The van der Waals surface area contributed by atoms with Gasteiger partial charge in [-0.1, -0.05) is 12.8 Å². The first-order chi connectivity index (χ1) is 14.9. The highest BCUT2D eigenvalue weighted by atomic mass is 32.2. The van der Waals surface area contributed by atoms with Crippen molar-refractivity contribution >= 4 is 57.3 Å². The molecule has 0 radical (unpaired) electrons. The smallest absolute Gasteiger partial charge is 0.249 e. The predicted molar refractivity (Wildman–Crippen MR) is 128 cm³/mol. The molecule has 6 nitrogen and oxygen atoms in total. The molecule has 4 rings (SSSR count). The molecule has 9 heteroatoms. The molecule has 0 bridgehead atoms. The molecule has 1 saturated carbocycles. The first kappa shape index (κ1) is 22.5. The van der Waals surface area contributed by atoms with Gasteiger partial charge in [0.05, 0.1) is 17.5 Å². The molecule has 0 spiro atoms. The number of hydrogen-bond donors (Lipinski definition) is 1. The number of thioether (sulfide) groups is 1. The molecule has 1 aliphatic heterocycles. The highest BCUT2D eigenvalue weighted by Gasteiger charge is 2.51. The maximum Gasteiger partial charge on any atom is 0.249 e. The van der Waals surface area contributed by atoms with Crippen LogP contribution in [0.15, 0.2) is 11.4 Å². The summed E-state index contributed by atoms with van der Waals surface area (Å²) in [4.78, 5) is 47.6. The fraction of sp³-hybridized carbons (Fsp3) is 0.545. The van der Waals surface area contributed by atoms with Crippen LogP contribution in [0.1, 0.15) is 41.9 Å². The number of likely N-dealkylation sites (tertiary alicyclic amines) is 1. The number of thiazole rings is 1. The van der Waals surface area contributed by atoms with Crippen LogP contribution in [0.3, 0.4) is 0 Å². The van der Waals surface area contributed by atoms with Crippen LogP contribution in [0, 0.1) is 25.7 Å². The van der Waals surface area contributed by atoms with E-state index < -0.39 is 6.04 Å². The molecule has 3 atom stereocenters. The molecule has 2 aliphatic rings. The summed E-state index contributed by atoms with van der Waals surface area (Å²) >= 11 is 4.69. The number of imide groups is 1. The Bertz CT molecular complexity index is 975. The van der Waals surface area contributed by atoms with Crippen LogP contribution in [0.5, 0.6) is 0 Å². The highest BCUT2D eigenvalue weighted by molar-refractivity contribution is 7.98. The summed E-state index contributed by atoms with van der Waals surface area (Å²) in [7, 11) is 0. The summed E-state index contributed by atoms with van der Waals surface area (Å²) in [5.41, 5.74) is 1.91. The van der Waals surface area contributed by atoms with Crippen molar-refractivity contribution in [1.82, 2.24) is 9.88 Å². The van der Waals surface area contributed by atoms with Crippen LogP contribution in [-0.2, 0) is 14.4 Å². The molecule has 2 fully saturated rings. The molecule has 31 heavy (non-hydrogen) atoms. The quantitative estimate of drug-likeness (QED) is 0.584. The molecule has 0 unspecified atom stereocenters. The minimum Gasteiger partial charge on any atom is -0.300 e. The van der Waals surface area contributed by atoms with Gasteiger partial charge in [-0.2, -0.15) is 11.8 Å². The third kappa shape index (κ3) is 4.45. The summed E-state index contributed by atoms with van der Waals surface area (Å²) < 4.78 is 0. The maximum absolute atomic E-state index is 13.2. The van der Waals surface area contributed by atoms with E-state index in [-0.39, 0.29) is 29.6 Å². The number of rotatable bonds is 7. The number of fused-ring (bicyclic) bond motifs is 1. The second-order valence-corrected chi connectivity index (χ2v) is 11.5.